The van der Waals surface area contributed by atoms with Crippen LogP contribution in [0.3, 0.4) is 0 Å². The SMILES string of the molecule is CC.O=C(O)c1ccccc1SSSSc1ccccc1C(=O)O.O=C([O-])c1ccccc1SSSSc1ccccc1C(=O)[O-].[Zn+2]. The molecule has 0 radical (unpaired) electrons. The summed E-state index contributed by atoms with van der Waals surface area (Å²) in [5, 5.41) is 40.2. The van der Waals surface area contributed by atoms with Gasteiger partial charge in [-0.2, -0.15) is 0 Å². The molecule has 17 heteroatoms. The van der Waals surface area contributed by atoms with Crippen LogP contribution in [0.15, 0.2) is 117 Å². The molecule has 4 aromatic rings. The molecule has 242 valence electrons. The largest absolute Gasteiger partial charge is 2.00 e. The average Bonchev–Trinajstić information content (AvgIpc) is 3.06. The minimum Gasteiger partial charge on any atom is -0.545 e. The summed E-state index contributed by atoms with van der Waals surface area (Å²) < 4.78 is 0. The predicted molar refractivity (Wildman–Crippen MR) is 193 cm³/mol. The van der Waals surface area contributed by atoms with Gasteiger partial charge in [0.25, 0.3) is 0 Å². The number of aromatic carboxylic acids is 4. The minimum absolute atomic E-state index is 0. The first-order valence-electron chi connectivity index (χ1n) is 12.8. The van der Waals surface area contributed by atoms with Gasteiger partial charge in [-0.1, -0.05) is 74.5 Å². The molecule has 0 heterocycles. The summed E-state index contributed by atoms with van der Waals surface area (Å²) in [4.78, 5) is 46.7. The Labute approximate surface area is 315 Å². The Morgan fingerprint density at radius 2 is 0.660 bits per heavy atom. The fraction of sp³-hybridized carbons (Fsp3) is 0.0667. The van der Waals surface area contributed by atoms with Crippen molar-refractivity contribution in [3.63, 3.8) is 0 Å². The van der Waals surface area contributed by atoms with E-state index in [4.69, 9.17) is 10.2 Å². The Hall–Kier alpha value is -1.82. The van der Waals surface area contributed by atoms with Gasteiger partial charge in [-0.25, -0.2) is 9.59 Å². The Kier molecular flexibility index (Phi) is 22.4. The Morgan fingerprint density at radius 3 is 0.894 bits per heavy atom. The number of benzene rings is 4. The van der Waals surface area contributed by atoms with Crippen LogP contribution in [0.2, 0.25) is 0 Å². The second-order valence-electron chi connectivity index (χ2n) is 7.78. The molecule has 0 spiro atoms. The van der Waals surface area contributed by atoms with Crippen LogP contribution in [0, 0.1) is 0 Å². The van der Waals surface area contributed by atoms with E-state index in [0.717, 1.165) is 0 Å². The molecule has 0 saturated carbocycles. The summed E-state index contributed by atoms with van der Waals surface area (Å²) >= 11 is 0. The van der Waals surface area contributed by atoms with Crippen molar-refractivity contribution in [2.75, 3.05) is 0 Å². The van der Waals surface area contributed by atoms with Crippen LogP contribution in [0.5, 0.6) is 0 Å². The molecule has 0 amide bonds. The fourth-order valence-electron chi connectivity index (χ4n) is 3.05. The molecule has 4 aromatic carbocycles. The third-order valence-corrected chi connectivity index (χ3v) is 17.3. The van der Waals surface area contributed by atoms with Crippen molar-refractivity contribution in [1.29, 1.82) is 0 Å². The van der Waals surface area contributed by atoms with Gasteiger partial charge in [-0.05, 0) is 119 Å². The molecule has 0 aliphatic rings. The van der Waals surface area contributed by atoms with Gasteiger partial charge in [0.1, 0.15) is 0 Å². The summed E-state index contributed by atoms with van der Waals surface area (Å²) in [7, 11) is 10.7. The Morgan fingerprint density at radius 1 is 0.447 bits per heavy atom. The second kappa shape index (κ2) is 24.3. The van der Waals surface area contributed by atoms with Crippen LogP contribution in [-0.2, 0) is 19.5 Å². The van der Waals surface area contributed by atoms with E-state index in [1.54, 1.807) is 84.9 Å². The first-order chi connectivity index (χ1) is 22.2. The summed E-state index contributed by atoms with van der Waals surface area (Å²) in [6.45, 7) is 4.00. The van der Waals surface area contributed by atoms with Crippen molar-refractivity contribution in [3.05, 3.63) is 119 Å². The van der Waals surface area contributed by atoms with Gasteiger partial charge in [-0.3, -0.25) is 0 Å². The van der Waals surface area contributed by atoms with Crippen molar-refractivity contribution in [2.24, 2.45) is 0 Å². The minimum atomic E-state index is -1.22. The summed E-state index contributed by atoms with van der Waals surface area (Å²) in [6.07, 6.45) is 0. The molecule has 0 aliphatic heterocycles. The summed E-state index contributed by atoms with van der Waals surface area (Å²) in [5.74, 6) is -4.36. The number of carboxylic acid groups (broad SMARTS) is 4. The van der Waals surface area contributed by atoms with E-state index in [2.05, 4.69) is 0 Å². The first-order valence-corrected chi connectivity index (χ1v) is 22.4. The molecule has 0 unspecified atom stereocenters. The number of hydrogen-bond donors (Lipinski definition) is 2. The molecule has 0 aliphatic carbocycles. The number of carbonyl (C=O) groups excluding carboxylic acids is 2. The maximum Gasteiger partial charge on any atom is 2.00 e. The van der Waals surface area contributed by atoms with Crippen LogP contribution < -0.4 is 10.2 Å². The Bertz CT molecular complexity index is 1390. The molecule has 0 aromatic heterocycles. The molecule has 2 N–H and O–H groups in total. The standard InChI is InChI=1S/2C14H10O4S4.C2H6.Zn/c2*15-13(16)9-5-1-3-7-11(9)19-21-22-20-12-8-4-2-6-10(12)14(17)18;1-2;/h2*1-8H,(H,15,16)(H,17,18);1-2H3;/q;;;+2/p-2. The monoisotopic (exact) mass is 832 g/mol. The van der Waals surface area contributed by atoms with Gasteiger partial charge in [0, 0.05) is 30.7 Å². The van der Waals surface area contributed by atoms with Crippen LogP contribution in [-0.4, -0.2) is 34.1 Å². The second-order valence-corrected chi connectivity index (χ2v) is 19.3. The average molecular weight is 834 g/mol. The van der Waals surface area contributed by atoms with E-state index in [9.17, 15) is 29.4 Å². The predicted octanol–water partition coefficient (Wildman–Crippen LogP) is 8.71. The molecular formula is C30H24O8S8Zn. The molecule has 47 heavy (non-hydrogen) atoms. The molecule has 4 rings (SSSR count). The fourth-order valence-corrected chi connectivity index (χ4v) is 14.6. The van der Waals surface area contributed by atoms with Crippen molar-refractivity contribution in [2.45, 2.75) is 33.4 Å². The smallest absolute Gasteiger partial charge is 0.545 e. The van der Waals surface area contributed by atoms with E-state index in [1.807, 2.05) is 13.8 Å². The number of carbonyl (C=O) groups is 4. The van der Waals surface area contributed by atoms with Gasteiger partial charge < -0.3 is 30.0 Å². The Balaban J connectivity index is 0.000000438. The van der Waals surface area contributed by atoms with E-state index < -0.39 is 23.9 Å². The number of carboxylic acids is 4. The normalized spacial score (nSPS) is 9.83. The van der Waals surface area contributed by atoms with Crippen molar-refractivity contribution < 1.29 is 59.1 Å². The third-order valence-electron chi connectivity index (χ3n) is 5.00. The molecule has 8 nitrogen and oxygen atoms in total. The quantitative estimate of drug-likeness (QED) is 0.0706. The number of hydrogen-bond acceptors (Lipinski definition) is 14. The van der Waals surface area contributed by atoms with Crippen LogP contribution in [0.25, 0.3) is 0 Å². The summed E-state index contributed by atoms with van der Waals surface area (Å²) in [6, 6.07) is 26.7. The van der Waals surface area contributed by atoms with Crippen LogP contribution in [0.4, 0.5) is 0 Å². The molecule has 0 atom stereocenters. The molecular weight excluding hydrogens is 810 g/mol. The van der Waals surface area contributed by atoms with Gasteiger partial charge in [0.05, 0.1) is 23.1 Å². The van der Waals surface area contributed by atoms with E-state index >= 15 is 0 Å². The maximum atomic E-state index is 11.1. The van der Waals surface area contributed by atoms with Crippen LogP contribution in [0.1, 0.15) is 55.3 Å². The van der Waals surface area contributed by atoms with Crippen LogP contribution >= 0.6 is 82.5 Å². The summed E-state index contributed by atoms with van der Waals surface area (Å²) in [5.41, 5.74) is 0.801. The molecule has 0 fully saturated rings. The van der Waals surface area contributed by atoms with E-state index in [1.165, 1.54) is 94.6 Å². The van der Waals surface area contributed by atoms with Gasteiger partial charge in [0.2, 0.25) is 0 Å². The topological polar surface area (TPSA) is 155 Å². The zero-order chi connectivity index (χ0) is 33.9. The first kappa shape index (κ1) is 43.2. The van der Waals surface area contributed by atoms with Gasteiger partial charge in [0.15, 0.2) is 0 Å². The molecule has 0 saturated heterocycles. The zero-order valence-corrected chi connectivity index (χ0v) is 34.1. The zero-order valence-electron chi connectivity index (χ0n) is 24.6. The van der Waals surface area contributed by atoms with Crippen molar-refractivity contribution >= 4 is 106 Å². The van der Waals surface area contributed by atoms with Crippen molar-refractivity contribution in [3.8, 4) is 0 Å². The third kappa shape index (κ3) is 15.1. The maximum absolute atomic E-state index is 11.1. The van der Waals surface area contributed by atoms with Gasteiger partial charge >= 0.3 is 31.4 Å². The molecule has 0 bridgehead atoms. The van der Waals surface area contributed by atoms with E-state index in [0.29, 0.717) is 19.6 Å². The van der Waals surface area contributed by atoms with E-state index in [-0.39, 0.29) is 41.7 Å². The van der Waals surface area contributed by atoms with Crippen molar-refractivity contribution in [1.82, 2.24) is 0 Å². The number of rotatable bonds is 14. The van der Waals surface area contributed by atoms with Gasteiger partial charge in [-0.15, -0.1) is 0 Å².